The van der Waals surface area contributed by atoms with Gasteiger partial charge in [0.25, 0.3) is 11.8 Å². The first-order chi connectivity index (χ1) is 34.7. The van der Waals surface area contributed by atoms with Crippen molar-refractivity contribution in [3.8, 4) is 0 Å². The maximum Gasteiger partial charge on any atom is 0.475 e. The number of guanidine groups is 1. The molecule has 0 spiro atoms. The van der Waals surface area contributed by atoms with E-state index in [1.54, 1.807) is 43.9 Å². The van der Waals surface area contributed by atoms with E-state index in [1.165, 1.54) is 19.1 Å². The molecule has 2 heterocycles. The minimum Gasteiger partial charge on any atom is -0.480 e. The number of benzene rings is 2. The molecule has 2 saturated heterocycles. The summed E-state index contributed by atoms with van der Waals surface area (Å²) >= 11 is 0. The van der Waals surface area contributed by atoms with Gasteiger partial charge in [-0.05, 0) is 68.4 Å². The van der Waals surface area contributed by atoms with Gasteiger partial charge >= 0.3 is 25.0 Å². The summed E-state index contributed by atoms with van der Waals surface area (Å²) in [6.07, 6.45) is 1.28. The number of aliphatic carboxylic acids is 3. The molecule has 26 nitrogen and oxygen atoms in total. The van der Waals surface area contributed by atoms with Crippen molar-refractivity contribution in [1.82, 2.24) is 45.8 Å². The number of β-amino-alcohol motifs (C(OH)–C–C–N with tert-alkyl or cyclic N) is 1. The molecule has 73 heavy (non-hydrogen) atoms. The summed E-state index contributed by atoms with van der Waals surface area (Å²) in [5.74, 6) is -6.89. The van der Waals surface area contributed by atoms with Gasteiger partial charge in [-0.1, -0.05) is 24.3 Å². The van der Waals surface area contributed by atoms with Gasteiger partial charge in [0.05, 0.1) is 38.2 Å². The second-order valence-corrected chi connectivity index (χ2v) is 18.2. The number of carbonyl (C=O) groups is 8. The lowest BCUT2D eigenvalue weighted by Crippen LogP contribution is -2.52. The second-order valence-electron chi connectivity index (χ2n) is 18.2. The number of nitrogens with one attached hydrogen (secondary N) is 4. The molecule has 5 amide bonds. The van der Waals surface area contributed by atoms with Crippen LogP contribution in [-0.2, 0) is 28.8 Å². The standard InChI is InChI=1S/C46H71BN12O14/c1-30(45(71)59-25-31(60)24-37(59)47(72)73)53-43(69)35-12-11-34(32-8-3-4-9-33(32)35)42(68)50-13-5-2-6-14-51-44(70)36(10-7-15-52-46(48)49)54-38(61)26-55-16-18-56(27-39(62)63)20-22-58(29-41(66)67)23-21-57(19-17-55)28-40(64)65/h3-4,8-9,11-12,30-31,36-37,60,72-73H,2,5-7,10,13-29H2,1H3,(H,50,68)(H,51,70)(H,53,69)(H,54,61)(H,62,63)(H,64,65)(H,66,67)(H4,48,49,52)/t30-,31+,36+,37+/m1/s1. The minimum atomic E-state index is -1.86. The normalized spacial score (nSPS) is 18.3. The summed E-state index contributed by atoms with van der Waals surface area (Å²) in [4.78, 5) is 114. The molecule has 0 saturated carbocycles. The molecule has 0 unspecified atom stereocenters. The van der Waals surface area contributed by atoms with Crippen LogP contribution in [-0.4, -0.2) is 244 Å². The number of carbonyl (C=O) groups excluding carboxylic acids is 5. The van der Waals surface area contributed by atoms with Gasteiger partial charge in [0.2, 0.25) is 17.7 Å². The van der Waals surface area contributed by atoms with Crippen molar-refractivity contribution in [2.75, 3.05) is 105 Å². The zero-order chi connectivity index (χ0) is 53.6. The molecule has 0 radical (unpaired) electrons. The highest BCUT2D eigenvalue weighted by Crippen LogP contribution is 2.24. The highest BCUT2D eigenvalue weighted by Gasteiger charge is 2.42. The number of unbranched alkanes of at least 4 members (excludes halogenated alkanes) is 2. The zero-order valence-corrected chi connectivity index (χ0v) is 41.2. The lowest BCUT2D eigenvalue weighted by atomic mass is 9.77. The fourth-order valence-corrected chi connectivity index (χ4v) is 8.72. The van der Waals surface area contributed by atoms with Crippen LogP contribution in [0.4, 0.5) is 0 Å². The van der Waals surface area contributed by atoms with Gasteiger partial charge in [0.15, 0.2) is 5.96 Å². The van der Waals surface area contributed by atoms with Crippen LogP contribution in [0.1, 0.15) is 66.2 Å². The summed E-state index contributed by atoms with van der Waals surface area (Å²) in [6.45, 7) is 2.64. The Morgan fingerprint density at radius 1 is 0.671 bits per heavy atom. The van der Waals surface area contributed by atoms with E-state index in [2.05, 4.69) is 26.3 Å². The number of likely N-dealkylation sites (tertiary alicyclic amines) is 1. The van der Waals surface area contributed by atoms with Crippen molar-refractivity contribution >= 4 is 71.3 Å². The van der Waals surface area contributed by atoms with E-state index in [9.17, 15) is 68.8 Å². The van der Waals surface area contributed by atoms with E-state index in [4.69, 9.17) is 11.5 Å². The smallest absolute Gasteiger partial charge is 0.475 e. The average Bonchev–Trinajstić information content (AvgIpc) is 3.73. The average molecular weight is 1030 g/mol. The summed E-state index contributed by atoms with van der Waals surface area (Å²) in [7, 11) is -1.86. The van der Waals surface area contributed by atoms with Crippen LogP contribution in [0.5, 0.6) is 0 Å². The molecule has 4 rings (SSSR count). The third-order valence-corrected chi connectivity index (χ3v) is 12.5. The molecule has 2 aromatic rings. The van der Waals surface area contributed by atoms with Crippen LogP contribution in [0, 0.1) is 0 Å². The molecule has 0 bridgehead atoms. The van der Waals surface area contributed by atoms with E-state index in [1.807, 2.05) is 0 Å². The number of hydrogen-bond donors (Lipinski definition) is 12. The fourth-order valence-electron chi connectivity index (χ4n) is 8.72. The van der Waals surface area contributed by atoms with E-state index >= 15 is 0 Å². The van der Waals surface area contributed by atoms with Crippen molar-refractivity contribution in [2.45, 2.75) is 69.6 Å². The molecule has 14 N–H and O–H groups in total. The Bertz CT molecular complexity index is 2220. The number of carboxylic acid groups (broad SMARTS) is 3. The fraction of sp³-hybridized carbons (Fsp3) is 0.587. The number of fused-ring (bicyclic) bond motifs is 1. The monoisotopic (exact) mass is 1030 g/mol. The second kappa shape index (κ2) is 29.9. The molecule has 402 valence electrons. The van der Waals surface area contributed by atoms with Crippen LogP contribution in [0.2, 0.25) is 0 Å². The highest BCUT2D eigenvalue weighted by atomic mass is 16.4. The summed E-state index contributed by atoms with van der Waals surface area (Å²) in [5, 5.41) is 70.1. The van der Waals surface area contributed by atoms with Gasteiger partial charge in [0.1, 0.15) is 12.1 Å². The Morgan fingerprint density at radius 3 is 1.63 bits per heavy atom. The molecule has 4 atom stereocenters. The maximum absolute atomic E-state index is 13.6. The molecule has 2 fully saturated rings. The Hall–Kier alpha value is -6.49. The van der Waals surface area contributed by atoms with Crippen molar-refractivity contribution in [3.05, 3.63) is 47.5 Å². The predicted octanol–water partition coefficient (Wildman–Crippen LogP) is -4.04. The largest absolute Gasteiger partial charge is 0.480 e. The first-order valence-corrected chi connectivity index (χ1v) is 24.3. The van der Waals surface area contributed by atoms with Gasteiger partial charge in [-0.3, -0.25) is 62.9 Å². The molecule has 0 aromatic heterocycles. The number of nitrogens with zero attached hydrogens (tertiary/aromatic N) is 6. The van der Waals surface area contributed by atoms with Gasteiger partial charge in [0, 0.05) is 89.7 Å². The number of amides is 5. The molecular formula is C46H71BN12O14. The molecule has 0 aliphatic carbocycles. The van der Waals surface area contributed by atoms with Crippen LogP contribution in [0.15, 0.2) is 41.4 Å². The van der Waals surface area contributed by atoms with Crippen LogP contribution in [0.25, 0.3) is 10.8 Å². The van der Waals surface area contributed by atoms with Gasteiger partial charge < -0.3 is 68.1 Å². The molecular weight excluding hydrogens is 955 g/mol. The number of hydrogen-bond acceptors (Lipinski definition) is 16. The zero-order valence-electron chi connectivity index (χ0n) is 41.2. The number of rotatable bonds is 25. The van der Waals surface area contributed by atoms with Crippen LogP contribution in [0.3, 0.4) is 0 Å². The van der Waals surface area contributed by atoms with Crippen molar-refractivity contribution in [3.63, 3.8) is 0 Å². The van der Waals surface area contributed by atoms with Crippen LogP contribution >= 0.6 is 0 Å². The van der Waals surface area contributed by atoms with Crippen LogP contribution < -0.4 is 32.7 Å². The van der Waals surface area contributed by atoms with E-state index in [-0.39, 0.29) is 128 Å². The summed E-state index contributed by atoms with van der Waals surface area (Å²) in [5.41, 5.74) is 11.5. The Morgan fingerprint density at radius 2 is 1.15 bits per heavy atom. The number of aliphatic imine (C=N–C) groups is 1. The maximum atomic E-state index is 13.6. The van der Waals surface area contributed by atoms with Gasteiger partial charge in [-0.15, -0.1) is 0 Å². The summed E-state index contributed by atoms with van der Waals surface area (Å²) < 4.78 is 0. The third kappa shape index (κ3) is 20.2. The SMILES string of the molecule is C[C@@H](NC(=O)c1ccc(C(=O)NCCCCCNC(=O)[C@H](CCCN=C(N)N)NC(=O)CN2CCN(CC(=O)O)CCN(CC(=O)O)CCN(CC(=O)O)CC2)c2ccccc12)C(=O)N1C[C@@H](O)C[C@H]1B(O)O. The Labute approximate surface area is 423 Å². The van der Waals surface area contributed by atoms with E-state index in [0.29, 0.717) is 48.6 Å². The van der Waals surface area contributed by atoms with Crippen molar-refractivity contribution < 1.29 is 68.8 Å². The predicted molar refractivity (Wildman–Crippen MR) is 267 cm³/mol. The lowest BCUT2D eigenvalue weighted by molar-refractivity contribution is -0.140. The molecule has 2 aromatic carbocycles. The van der Waals surface area contributed by atoms with Crippen molar-refractivity contribution in [1.29, 1.82) is 0 Å². The minimum absolute atomic E-state index is 0.0155. The first kappa shape index (κ1) is 59.1. The topological polar surface area (TPSA) is 387 Å². The molecule has 2 aliphatic heterocycles. The van der Waals surface area contributed by atoms with Crippen molar-refractivity contribution in [2.24, 2.45) is 16.5 Å². The Balaban J connectivity index is 1.30. The Kier molecular flexibility index (Phi) is 24.2. The molecule has 2 aliphatic rings. The number of aliphatic hydroxyl groups excluding tert-OH is 1. The van der Waals surface area contributed by atoms with E-state index < -0.39 is 72.8 Å². The first-order valence-electron chi connectivity index (χ1n) is 24.3. The highest BCUT2D eigenvalue weighted by molar-refractivity contribution is 6.43. The van der Waals surface area contributed by atoms with Gasteiger partial charge in [-0.2, -0.15) is 0 Å². The quantitative estimate of drug-likeness (QED) is 0.0195. The number of nitrogens with two attached hydrogens (primary N) is 2. The third-order valence-electron chi connectivity index (χ3n) is 12.5. The van der Waals surface area contributed by atoms with Gasteiger partial charge in [-0.25, -0.2) is 0 Å². The lowest BCUT2D eigenvalue weighted by Gasteiger charge is -2.33. The number of aliphatic hydroxyl groups is 1. The summed E-state index contributed by atoms with van der Waals surface area (Å²) in [6, 6.07) is 7.77. The molecule has 27 heteroatoms. The number of carboxylic acids is 3. The van der Waals surface area contributed by atoms with E-state index in [0.717, 1.165) is 4.90 Å².